The van der Waals surface area contributed by atoms with Crippen LogP contribution in [0.3, 0.4) is 0 Å². The summed E-state index contributed by atoms with van der Waals surface area (Å²) >= 11 is 0. The molecule has 0 heterocycles. The van der Waals surface area contributed by atoms with E-state index in [2.05, 4.69) is 74.6 Å². The van der Waals surface area contributed by atoms with Gasteiger partial charge in [0.2, 0.25) is 0 Å². The number of Topliss-reactive ketones (excluding diaryl/α,β-unsaturated/α-hetero) is 1. The summed E-state index contributed by atoms with van der Waals surface area (Å²) in [7, 11) is 0. The van der Waals surface area contributed by atoms with E-state index in [0.717, 1.165) is 19.3 Å². The van der Waals surface area contributed by atoms with E-state index in [1.54, 1.807) is 0 Å². The van der Waals surface area contributed by atoms with Gasteiger partial charge in [-0.15, -0.1) is 19.4 Å². The average molecular weight is 559 g/mol. The fourth-order valence-corrected chi connectivity index (χ4v) is 2.04. The van der Waals surface area contributed by atoms with Crippen molar-refractivity contribution in [3.63, 3.8) is 0 Å². The van der Waals surface area contributed by atoms with Gasteiger partial charge in [-0.25, -0.2) is 0 Å². The molecule has 0 fully saturated rings. The molecule has 2 radical (unpaired) electrons. The van der Waals surface area contributed by atoms with Crippen LogP contribution in [-0.4, -0.2) is 18.2 Å². The SMILES string of the molecule is [CH2-]CC(=O)CCCCCC(C)(C)C.[CH2-]CCC(C)(C)C.[CH2-]CNC(=O)C[CH2-].[Y].[Y]. The molecule has 5 heteroatoms. The van der Waals surface area contributed by atoms with Gasteiger partial charge in [0.15, 0.2) is 5.91 Å². The minimum absolute atomic E-state index is 0. The van der Waals surface area contributed by atoms with Crippen molar-refractivity contribution in [3.05, 3.63) is 27.7 Å². The van der Waals surface area contributed by atoms with Crippen LogP contribution in [0, 0.1) is 38.5 Å². The molecular weight excluding hydrogens is 512 g/mol. The first-order valence-corrected chi connectivity index (χ1v) is 10.3. The van der Waals surface area contributed by atoms with Crippen molar-refractivity contribution in [1.29, 1.82) is 0 Å². The molecule has 170 valence electrons. The van der Waals surface area contributed by atoms with Gasteiger partial charge in [-0.2, -0.15) is 6.42 Å². The molecule has 0 unspecified atom stereocenters. The van der Waals surface area contributed by atoms with Gasteiger partial charge >= 0.3 is 0 Å². The van der Waals surface area contributed by atoms with E-state index in [1.807, 2.05) is 0 Å². The Bertz CT molecular complexity index is 359. The fourth-order valence-electron chi connectivity index (χ4n) is 2.04. The van der Waals surface area contributed by atoms with Crippen molar-refractivity contribution >= 4 is 11.7 Å². The third-order valence-electron chi connectivity index (χ3n) is 3.64. The van der Waals surface area contributed by atoms with Gasteiger partial charge in [0, 0.05) is 71.8 Å². The Hall–Kier alpha value is 1.35. The Morgan fingerprint density at radius 3 is 1.45 bits per heavy atom. The van der Waals surface area contributed by atoms with Gasteiger partial charge in [0.25, 0.3) is 0 Å². The number of amides is 1. The number of rotatable bonds is 9. The van der Waals surface area contributed by atoms with Gasteiger partial charge in [0.05, 0.1) is 0 Å². The second kappa shape index (κ2) is 25.6. The molecular formula is C24H47NO2Y2-4. The third kappa shape index (κ3) is 48.2. The molecule has 1 amide bonds. The number of hydrogen-bond donors (Lipinski definition) is 1. The molecule has 0 aromatic carbocycles. The molecule has 3 nitrogen and oxygen atoms in total. The second-order valence-corrected chi connectivity index (χ2v) is 9.17. The van der Waals surface area contributed by atoms with Crippen molar-refractivity contribution in [3.8, 4) is 0 Å². The number of nitrogens with one attached hydrogen (secondary N) is 1. The number of ketones is 1. The van der Waals surface area contributed by atoms with E-state index in [1.165, 1.54) is 25.7 Å². The van der Waals surface area contributed by atoms with E-state index in [4.69, 9.17) is 0 Å². The van der Waals surface area contributed by atoms with Crippen LogP contribution in [0.5, 0.6) is 0 Å². The van der Waals surface area contributed by atoms with E-state index >= 15 is 0 Å². The smallest absolute Gasteiger partial charge is 0.187 e. The number of carbonyl (C=O) groups is 2. The zero-order valence-electron chi connectivity index (χ0n) is 20.4. The normalized spacial score (nSPS) is 10.1. The van der Waals surface area contributed by atoms with Crippen molar-refractivity contribution in [2.24, 2.45) is 10.8 Å². The molecule has 0 aliphatic rings. The molecule has 0 aromatic rings. The maximum Gasteiger partial charge on any atom is 0.187 e. The zero-order valence-corrected chi connectivity index (χ0v) is 26.0. The maximum absolute atomic E-state index is 10.9. The van der Waals surface area contributed by atoms with Crippen LogP contribution in [0.1, 0.15) is 99.3 Å². The monoisotopic (exact) mass is 559 g/mol. The van der Waals surface area contributed by atoms with Crippen LogP contribution < -0.4 is 5.32 Å². The Morgan fingerprint density at radius 2 is 1.21 bits per heavy atom. The standard InChI is InChI=1S/C12H23O.C7H15.C5H9NO.2Y/c1-5-11(13)9-7-6-8-10-12(2,3)4;1-5-6-7(2,3)4;1-3-5(7)6-4-2;;/h1,5-10H2,2-4H3;1,5-6H2,2-4H3;1-4H2,(H,6,7);;/q2*-1;-2;;. The largest absolute Gasteiger partial charge is 0.388 e. The van der Waals surface area contributed by atoms with Crippen LogP contribution in [-0.2, 0) is 75.0 Å². The first kappa shape index (κ1) is 40.7. The van der Waals surface area contributed by atoms with E-state index in [-0.39, 0.29) is 71.3 Å². The van der Waals surface area contributed by atoms with Crippen LogP contribution >= 0.6 is 0 Å². The Labute approximate surface area is 234 Å². The summed E-state index contributed by atoms with van der Waals surface area (Å²) in [6.07, 6.45) is 8.51. The van der Waals surface area contributed by atoms with Crippen LogP contribution in [0.25, 0.3) is 0 Å². The van der Waals surface area contributed by atoms with Gasteiger partial charge < -0.3 is 37.8 Å². The van der Waals surface area contributed by atoms with Gasteiger partial charge in [-0.3, -0.25) is 4.79 Å². The van der Waals surface area contributed by atoms with E-state index in [9.17, 15) is 9.59 Å². The number of carbonyl (C=O) groups excluding carboxylic acids is 2. The minimum atomic E-state index is -0.0463. The summed E-state index contributed by atoms with van der Waals surface area (Å²) < 4.78 is 0. The summed E-state index contributed by atoms with van der Waals surface area (Å²) in [5, 5.41) is 2.48. The zero-order chi connectivity index (χ0) is 21.9. The van der Waals surface area contributed by atoms with Crippen LogP contribution in [0.15, 0.2) is 0 Å². The molecule has 0 aliphatic heterocycles. The van der Waals surface area contributed by atoms with E-state index < -0.39 is 0 Å². The van der Waals surface area contributed by atoms with Crippen molar-refractivity contribution in [2.75, 3.05) is 6.54 Å². The predicted molar refractivity (Wildman–Crippen MR) is 120 cm³/mol. The molecule has 29 heavy (non-hydrogen) atoms. The third-order valence-corrected chi connectivity index (χ3v) is 3.64. The Balaban J connectivity index is -0.000000104. The van der Waals surface area contributed by atoms with Crippen molar-refractivity contribution in [1.82, 2.24) is 5.32 Å². The summed E-state index contributed by atoms with van der Waals surface area (Å²) in [5.41, 5.74) is 0.929. The summed E-state index contributed by atoms with van der Waals surface area (Å²) in [6, 6.07) is 0. The Kier molecular flexibility index (Phi) is 35.9. The Morgan fingerprint density at radius 1 is 0.724 bits per heavy atom. The molecule has 0 saturated heterocycles. The quantitative estimate of drug-likeness (QED) is 0.256. The van der Waals surface area contributed by atoms with Crippen molar-refractivity contribution < 1.29 is 75.0 Å². The molecule has 1 N–H and O–H groups in total. The number of hydrogen-bond acceptors (Lipinski definition) is 2. The molecule has 0 saturated carbocycles. The van der Waals surface area contributed by atoms with Crippen molar-refractivity contribution in [2.45, 2.75) is 99.3 Å². The minimum Gasteiger partial charge on any atom is -0.388 e. The fraction of sp³-hybridized carbons (Fsp3) is 0.750. The molecule has 0 bridgehead atoms. The average Bonchev–Trinajstić information content (AvgIpc) is 2.53. The van der Waals surface area contributed by atoms with Gasteiger partial charge in [0.1, 0.15) is 5.78 Å². The predicted octanol–water partition coefficient (Wildman–Crippen LogP) is 6.58. The molecule has 0 spiro atoms. The van der Waals surface area contributed by atoms with Gasteiger partial charge in [-0.05, 0) is 23.7 Å². The first-order valence-electron chi connectivity index (χ1n) is 10.3. The molecule has 0 aliphatic carbocycles. The summed E-state index contributed by atoms with van der Waals surface area (Å²) in [6.45, 7) is 28.1. The number of unbranched alkanes of at least 4 members (excludes halogenated alkanes) is 2. The van der Waals surface area contributed by atoms with E-state index in [0.29, 0.717) is 36.0 Å². The summed E-state index contributed by atoms with van der Waals surface area (Å²) in [4.78, 5) is 21.1. The topological polar surface area (TPSA) is 46.2 Å². The first-order chi connectivity index (χ1) is 12.3. The second-order valence-electron chi connectivity index (χ2n) is 9.17. The molecule has 0 aromatic heterocycles. The van der Waals surface area contributed by atoms with Crippen LogP contribution in [0.4, 0.5) is 0 Å². The van der Waals surface area contributed by atoms with Crippen LogP contribution in [0.2, 0.25) is 0 Å². The molecule has 0 rings (SSSR count). The maximum atomic E-state index is 10.9. The summed E-state index contributed by atoms with van der Waals surface area (Å²) in [5.74, 6) is 0.255. The van der Waals surface area contributed by atoms with Gasteiger partial charge in [-0.1, -0.05) is 60.8 Å². The molecule has 0 atom stereocenters.